The van der Waals surface area contributed by atoms with Crippen LogP contribution in [-0.2, 0) is 15.0 Å². The van der Waals surface area contributed by atoms with Gasteiger partial charge in [-0.25, -0.2) is 13.4 Å². The Morgan fingerprint density at radius 2 is 2.10 bits per heavy atom. The van der Waals surface area contributed by atoms with E-state index in [0.29, 0.717) is 23.0 Å². The number of halogens is 1. The maximum absolute atomic E-state index is 14.6. The molecule has 1 amide bonds. The lowest BCUT2D eigenvalue weighted by atomic mass is 10.0. The minimum absolute atomic E-state index is 0.197. The molecule has 0 bridgehead atoms. The van der Waals surface area contributed by atoms with Gasteiger partial charge in [0.2, 0.25) is 0 Å². The standard InChI is InChI=1S/C12H12FN3O4S/c13-11-8(7-3-4-14-5-7)1-2-9(17)12(11)16-6-10(18)15-21(16,19)20/h1-3,14,17H,4-6H2,(H,15,18). The van der Waals surface area contributed by atoms with Crippen molar-refractivity contribution >= 4 is 27.4 Å². The fraction of sp³-hybridized carbons (Fsp3) is 0.250. The molecule has 1 aromatic rings. The van der Waals surface area contributed by atoms with Crippen LogP contribution in [0.1, 0.15) is 5.56 Å². The van der Waals surface area contributed by atoms with E-state index < -0.39 is 39.9 Å². The van der Waals surface area contributed by atoms with Gasteiger partial charge in [0, 0.05) is 18.7 Å². The quantitative estimate of drug-likeness (QED) is 0.696. The predicted molar refractivity (Wildman–Crippen MR) is 73.3 cm³/mol. The summed E-state index contributed by atoms with van der Waals surface area (Å²) in [5, 5.41) is 12.8. The molecular formula is C12H12FN3O4S. The van der Waals surface area contributed by atoms with Crippen LogP contribution in [0.2, 0.25) is 0 Å². The normalized spacial score (nSPS) is 20.5. The van der Waals surface area contributed by atoms with Crippen molar-refractivity contribution in [3.63, 3.8) is 0 Å². The summed E-state index contributed by atoms with van der Waals surface area (Å²) in [5.74, 6) is -2.19. The molecular weight excluding hydrogens is 301 g/mol. The summed E-state index contributed by atoms with van der Waals surface area (Å²) < 4.78 is 40.5. The van der Waals surface area contributed by atoms with Crippen LogP contribution in [0.25, 0.3) is 5.57 Å². The zero-order valence-corrected chi connectivity index (χ0v) is 11.6. The maximum Gasteiger partial charge on any atom is 0.326 e. The summed E-state index contributed by atoms with van der Waals surface area (Å²) >= 11 is 0. The number of nitrogens with one attached hydrogen (secondary N) is 2. The molecule has 21 heavy (non-hydrogen) atoms. The third-order valence-electron chi connectivity index (χ3n) is 3.32. The lowest BCUT2D eigenvalue weighted by molar-refractivity contribution is -0.117. The smallest absolute Gasteiger partial charge is 0.326 e. The fourth-order valence-electron chi connectivity index (χ4n) is 2.37. The lowest BCUT2D eigenvalue weighted by Gasteiger charge is -2.18. The summed E-state index contributed by atoms with van der Waals surface area (Å²) in [5.41, 5.74) is 0.352. The Hall–Kier alpha value is -2.13. The van der Waals surface area contributed by atoms with Gasteiger partial charge in [0.15, 0.2) is 5.82 Å². The zero-order valence-electron chi connectivity index (χ0n) is 10.8. The van der Waals surface area contributed by atoms with Crippen molar-refractivity contribution in [1.29, 1.82) is 0 Å². The fourth-order valence-corrected chi connectivity index (χ4v) is 3.53. The van der Waals surface area contributed by atoms with Crippen molar-refractivity contribution in [2.75, 3.05) is 23.9 Å². The first kappa shape index (κ1) is 13.8. The highest BCUT2D eigenvalue weighted by Gasteiger charge is 2.38. The van der Waals surface area contributed by atoms with E-state index >= 15 is 0 Å². The number of hydrogen-bond acceptors (Lipinski definition) is 5. The molecule has 0 saturated carbocycles. The first-order chi connectivity index (χ1) is 9.90. The molecule has 1 fully saturated rings. The minimum Gasteiger partial charge on any atom is -0.506 e. The number of carbonyl (C=O) groups is 1. The van der Waals surface area contributed by atoms with Gasteiger partial charge in [0.05, 0.1) is 0 Å². The molecule has 112 valence electrons. The Bertz CT molecular complexity index is 760. The second-order valence-corrected chi connectivity index (χ2v) is 6.29. The number of carbonyl (C=O) groups excluding carboxylic acids is 1. The molecule has 1 saturated heterocycles. The largest absolute Gasteiger partial charge is 0.506 e. The molecule has 2 heterocycles. The summed E-state index contributed by atoms with van der Waals surface area (Å²) in [4.78, 5) is 11.2. The van der Waals surface area contributed by atoms with E-state index in [4.69, 9.17) is 0 Å². The van der Waals surface area contributed by atoms with E-state index in [9.17, 15) is 22.7 Å². The van der Waals surface area contributed by atoms with Crippen LogP contribution in [0.15, 0.2) is 18.2 Å². The Morgan fingerprint density at radius 3 is 2.67 bits per heavy atom. The first-order valence-electron chi connectivity index (χ1n) is 6.15. The van der Waals surface area contributed by atoms with Crippen LogP contribution < -0.4 is 14.3 Å². The van der Waals surface area contributed by atoms with Gasteiger partial charge in [-0.2, -0.15) is 8.42 Å². The molecule has 3 N–H and O–H groups in total. The lowest BCUT2D eigenvalue weighted by Crippen LogP contribution is -2.30. The average Bonchev–Trinajstić information content (AvgIpc) is 2.98. The van der Waals surface area contributed by atoms with Crippen LogP contribution in [0.5, 0.6) is 5.75 Å². The highest BCUT2D eigenvalue weighted by Crippen LogP contribution is 2.37. The molecule has 9 heteroatoms. The van der Waals surface area contributed by atoms with Gasteiger partial charge < -0.3 is 10.4 Å². The maximum atomic E-state index is 14.6. The van der Waals surface area contributed by atoms with Gasteiger partial charge in [0.25, 0.3) is 5.91 Å². The Balaban J connectivity index is 2.14. The highest BCUT2D eigenvalue weighted by molar-refractivity contribution is 7.92. The molecule has 1 aromatic carbocycles. The highest BCUT2D eigenvalue weighted by atomic mass is 32.2. The Morgan fingerprint density at radius 1 is 1.33 bits per heavy atom. The van der Waals surface area contributed by atoms with E-state index in [2.05, 4.69) is 5.32 Å². The molecule has 3 rings (SSSR count). The van der Waals surface area contributed by atoms with Crippen molar-refractivity contribution in [1.82, 2.24) is 10.0 Å². The monoisotopic (exact) mass is 313 g/mol. The van der Waals surface area contributed by atoms with Gasteiger partial charge in [-0.15, -0.1) is 0 Å². The van der Waals surface area contributed by atoms with Crippen LogP contribution in [-0.4, -0.2) is 39.1 Å². The molecule has 0 unspecified atom stereocenters. The molecule has 0 aliphatic carbocycles. The molecule has 7 nitrogen and oxygen atoms in total. The van der Waals surface area contributed by atoms with E-state index in [1.165, 1.54) is 12.1 Å². The van der Waals surface area contributed by atoms with Gasteiger partial charge in [0.1, 0.15) is 18.0 Å². The van der Waals surface area contributed by atoms with Gasteiger partial charge in [-0.05, 0) is 17.7 Å². The van der Waals surface area contributed by atoms with Crippen molar-refractivity contribution in [3.05, 3.63) is 29.6 Å². The number of phenols is 1. The third kappa shape index (κ3) is 2.24. The Labute approximate surface area is 120 Å². The SMILES string of the molecule is O=C1CN(c2c(O)ccc(C3=CCNC3)c2F)S(=O)(=O)N1. The number of benzene rings is 1. The number of phenolic OH excluding ortho intramolecular Hbond substituents is 1. The van der Waals surface area contributed by atoms with Gasteiger partial charge in [-0.3, -0.25) is 4.79 Å². The zero-order chi connectivity index (χ0) is 15.2. The number of anilines is 1. The molecule has 0 atom stereocenters. The number of hydrogen-bond donors (Lipinski definition) is 3. The van der Waals surface area contributed by atoms with E-state index in [-0.39, 0.29) is 5.56 Å². The summed E-state index contributed by atoms with van der Waals surface area (Å²) in [6, 6.07) is 2.59. The van der Waals surface area contributed by atoms with Crippen molar-refractivity contribution in [2.45, 2.75) is 0 Å². The van der Waals surface area contributed by atoms with Crippen molar-refractivity contribution < 1.29 is 22.7 Å². The topological polar surface area (TPSA) is 98.7 Å². The van der Waals surface area contributed by atoms with Crippen LogP contribution in [0.4, 0.5) is 10.1 Å². The van der Waals surface area contributed by atoms with Crippen molar-refractivity contribution in [3.8, 4) is 5.75 Å². The van der Waals surface area contributed by atoms with Gasteiger partial charge >= 0.3 is 10.2 Å². The number of amides is 1. The molecule has 0 aromatic heterocycles. The molecule has 2 aliphatic heterocycles. The van der Waals surface area contributed by atoms with Crippen molar-refractivity contribution in [2.24, 2.45) is 0 Å². The number of nitrogens with zero attached hydrogens (tertiary/aromatic N) is 1. The predicted octanol–water partition coefficient (Wildman–Crippen LogP) is -0.301. The van der Waals surface area contributed by atoms with E-state index in [0.717, 1.165) is 0 Å². The van der Waals surface area contributed by atoms with Crippen LogP contribution >= 0.6 is 0 Å². The molecule has 0 spiro atoms. The summed E-state index contributed by atoms with van der Waals surface area (Å²) in [6.45, 7) is 0.478. The van der Waals surface area contributed by atoms with E-state index in [1.807, 2.05) is 0 Å². The minimum atomic E-state index is -4.18. The average molecular weight is 313 g/mol. The second-order valence-electron chi connectivity index (χ2n) is 4.69. The van der Waals surface area contributed by atoms with E-state index in [1.54, 1.807) is 10.8 Å². The summed E-state index contributed by atoms with van der Waals surface area (Å²) in [6.07, 6.45) is 1.78. The first-order valence-corrected chi connectivity index (χ1v) is 7.59. The molecule has 0 radical (unpaired) electrons. The number of rotatable bonds is 2. The third-order valence-corrected chi connectivity index (χ3v) is 4.70. The van der Waals surface area contributed by atoms with Crippen LogP contribution in [0, 0.1) is 5.82 Å². The number of aromatic hydroxyl groups is 1. The molecule has 2 aliphatic rings. The van der Waals surface area contributed by atoms with Crippen LogP contribution in [0.3, 0.4) is 0 Å². The second kappa shape index (κ2) is 4.71. The summed E-state index contributed by atoms with van der Waals surface area (Å²) in [7, 11) is -4.18. The van der Waals surface area contributed by atoms with Gasteiger partial charge in [-0.1, -0.05) is 6.08 Å². The Kier molecular flexibility index (Phi) is 3.10.